The summed E-state index contributed by atoms with van der Waals surface area (Å²) in [6, 6.07) is 19.7. The van der Waals surface area contributed by atoms with Crippen LogP contribution in [-0.2, 0) is 4.79 Å². The van der Waals surface area contributed by atoms with E-state index in [1.165, 1.54) is 11.6 Å². The zero-order valence-electron chi connectivity index (χ0n) is 14.4. The van der Waals surface area contributed by atoms with Crippen LogP contribution in [0.5, 0.6) is 0 Å². The van der Waals surface area contributed by atoms with Gasteiger partial charge in [0.1, 0.15) is 5.76 Å². The van der Waals surface area contributed by atoms with Crippen molar-refractivity contribution in [2.24, 2.45) is 0 Å². The fourth-order valence-electron chi connectivity index (χ4n) is 2.79. The van der Waals surface area contributed by atoms with Gasteiger partial charge in [-0.05, 0) is 48.7 Å². The summed E-state index contributed by atoms with van der Waals surface area (Å²) in [4.78, 5) is 12.5. The van der Waals surface area contributed by atoms with Crippen molar-refractivity contribution in [2.75, 3.05) is 0 Å². The van der Waals surface area contributed by atoms with Crippen LogP contribution in [0.25, 0.3) is 6.08 Å². The van der Waals surface area contributed by atoms with Crippen LogP contribution in [0.2, 0.25) is 0 Å². The first-order valence-electron chi connectivity index (χ1n) is 8.27. The number of hydrogen-bond donors (Lipinski definition) is 1. The highest BCUT2D eigenvalue weighted by Gasteiger charge is 2.17. The summed E-state index contributed by atoms with van der Waals surface area (Å²) in [6.07, 6.45) is 4.75. The number of amides is 1. The molecular weight excluding hydrogens is 310 g/mol. The van der Waals surface area contributed by atoms with Crippen LogP contribution in [0.15, 0.2) is 77.4 Å². The monoisotopic (exact) mass is 331 g/mol. The van der Waals surface area contributed by atoms with Crippen molar-refractivity contribution >= 4 is 12.0 Å². The molecule has 1 heterocycles. The number of benzene rings is 2. The molecule has 3 heteroatoms. The molecule has 1 aromatic heterocycles. The number of hydrogen-bond acceptors (Lipinski definition) is 2. The highest BCUT2D eigenvalue weighted by atomic mass is 16.3. The van der Waals surface area contributed by atoms with Gasteiger partial charge in [-0.25, -0.2) is 0 Å². The third-order valence-electron chi connectivity index (χ3n) is 4.11. The Kier molecular flexibility index (Phi) is 5.14. The molecule has 126 valence electrons. The third-order valence-corrected chi connectivity index (χ3v) is 4.11. The fraction of sp³-hybridized carbons (Fsp3) is 0.136. The van der Waals surface area contributed by atoms with Gasteiger partial charge in [0, 0.05) is 6.08 Å². The minimum atomic E-state index is -0.199. The van der Waals surface area contributed by atoms with Gasteiger partial charge in [0.05, 0.1) is 12.3 Å². The van der Waals surface area contributed by atoms with E-state index < -0.39 is 0 Å². The first-order valence-corrected chi connectivity index (χ1v) is 8.27. The van der Waals surface area contributed by atoms with E-state index in [2.05, 4.69) is 37.4 Å². The van der Waals surface area contributed by atoms with Crippen LogP contribution in [0.3, 0.4) is 0 Å². The molecule has 0 radical (unpaired) electrons. The molecule has 0 aliphatic carbocycles. The molecule has 0 aliphatic rings. The molecule has 2 aromatic carbocycles. The predicted molar refractivity (Wildman–Crippen MR) is 100 cm³/mol. The molecule has 1 unspecified atom stereocenters. The number of carbonyl (C=O) groups is 1. The van der Waals surface area contributed by atoms with Gasteiger partial charge >= 0.3 is 0 Å². The van der Waals surface area contributed by atoms with E-state index in [1.807, 2.05) is 36.4 Å². The maximum atomic E-state index is 12.5. The van der Waals surface area contributed by atoms with Crippen molar-refractivity contribution in [3.63, 3.8) is 0 Å². The SMILES string of the molecule is Cc1ccc(C)c(C(NC(=O)/C=C/c2ccco2)c2ccccc2)c1. The highest BCUT2D eigenvalue weighted by Crippen LogP contribution is 2.26. The summed E-state index contributed by atoms with van der Waals surface area (Å²) in [6.45, 7) is 4.12. The number of rotatable bonds is 5. The Labute approximate surface area is 148 Å². The lowest BCUT2D eigenvalue weighted by atomic mass is 9.93. The Hall–Kier alpha value is -3.07. The molecule has 0 spiro atoms. The van der Waals surface area contributed by atoms with Crippen LogP contribution in [0.1, 0.15) is 34.1 Å². The Morgan fingerprint density at radius 2 is 1.84 bits per heavy atom. The molecule has 3 nitrogen and oxygen atoms in total. The van der Waals surface area contributed by atoms with Crippen LogP contribution in [0, 0.1) is 13.8 Å². The van der Waals surface area contributed by atoms with Crippen molar-refractivity contribution in [2.45, 2.75) is 19.9 Å². The summed E-state index contributed by atoms with van der Waals surface area (Å²) >= 11 is 0. The fourth-order valence-corrected chi connectivity index (χ4v) is 2.79. The lowest BCUT2D eigenvalue weighted by Crippen LogP contribution is -2.28. The first-order chi connectivity index (χ1) is 12.1. The quantitative estimate of drug-likeness (QED) is 0.681. The number of furan rings is 1. The summed E-state index contributed by atoms with van der Waals surface area (Å²) in [5.41, 5.74) is 4.47. The van der Waals surface area contributed by atoms with E-state index in [-0.39, 0.29) is 11.9 Å². The average Bonchev–Trinajstić information content (AvgIpc) is 3.14. The lowest BCUT2D eigenvalue weighted by molar-refractivity contribution is -0.116. The highest BCUT2D eigenvalue weighted by molar-refractivity contribution is 5.92. The predicted octanol–water partition coefficient (Wildman–Crippen LogP) is 4.82. The molecule has 0 bridgehead atoms. The molecule has 25 heavy (non-hydrogen) atoms. The molecule has 3 rings (SSSR count). The third kappa shape index (κ3) is 4.27. The van der Waals surface area contributed by atoms with E-state index in [4.69, 9.17) is 4.42 Å². The molecule has 0 aliphatic heterocycles. The molecule has 0 fully saturated rings. The second kappa shape index (κ2) is 7.67. The molecular formula is C22H21NO2. The molecule has 0 saturated heterocycles. The van der Waals surface area contributed by atoms with Gasteiger partial charge in [-0.15, -0.1) is 0 Å². The van der Waals surface area contributed by atoms with E-state index in [9.17, 15) is 4.79 Å². The van der Waals surface area contributed by atoms with Gasteiger partial charge in [-0.2, -0.15) is 0 Å². The standard InChI is InChI=1S/C22H21NO2/c1-16-10-11-17(2)20(15-16)22(18-7-4-3-5-8-18)23-21(24)13-12-19-9-6-14-25-19/h3-15,22H,1-2H3,(H,23,24)/b13-12+. The average molecular weight is 331 g/mol. The summed E-state index contributed by atoms with van der Waals surface area (Å²) in [5.74, 6) is 0.490. The second-order valence-corrected chi connectivity index (χ2v) is 6.06. The smallest absolute Gasteiger partial charge is 0.244 e. The maximum Gasteiger partial charge on any atom is 0.244 e. The van der Waals surface area contributed by atoms with Gasteiger partial charge in [0.2, 0.25) is 5.91 Å². The Morgan fingerprint density at radius 1 is 1.04 bits per heavy atom. The van der Waals surface area contributed by atoms with Crippen LogP contribution in [-0.4, -0.2) is 5.91 Å². The Morgan fingerprint density at radius 3 is 2.56 bits per heavy atom. The van der Waals surface area contributed by atoms with Gasteiger partial charge in [0.15, 0.2) is 0 Å². The first kappa shape index (κ1) is 16.8. The van der Waals surface area contributed by atoms with Crippen molar-refractivity contribution < 1.29 is 9.21 Å². The van der Waals surface area contributed by atoms with Crippen molar-refractivity contribution in [3.8, 4) is 0 Å². The molecule has 3 aromatic rings. The zero-order chi connectivity index (χ0) is 17.6. The van der Waals surface area contributed by atoms with Crippen molar-refractivity contribution in [1.29, 1.82) is 0 Å². The van der Waals surface area contributed by atoms with Crippen LogP contribution >= 0.6 is 0 Å². The van der Waals surface area contributed by atoms with Crippen LogP contribution in [0.4, 0.5) is 0 Å². The molecule has 1 N–H and O–H groups in total. The topological polar surface area (TPSA) is 42.2 Å². The summed E-state index contributed by atoms with van der Waals surface area (Å²) in [7, 11) is 0. The minimum Gasteiger partial charge on any atom is -0.465 e. The normalized spacial score (nSPS) is 12.2. The minimum absolute atomic E-state index is 0.161. The Bertz CT molecular complexity index is 864. The molecule has 1 amide bonds. The van der Waals surface area contributed by atoms with Gasteiger partial charge in [0.25, 0.3) is 0 Å². The Balaban J connectivity index is 1.89. The van der Waals surface area contributed by atoms with Crippen molar-refractivity contribution in [1.82, 2.24) is 5.32 Å². The molecule has 0 saturated carbocycles. The largest absolute Gasteiger partial charge is 0.465 e. The van der Waals surface area contributed by atoms with Crippen molar-refractivity contribution in [3.05, 3.63) is 101 Å². The van der Waals surface area contributed by atoms with E-state index in [0.29, 0.717) is 5.76 Å². The number of aryl methyl sites for hydroxylation is 2. The zero-order valence-corrected chi connectivity index (χ0v) is 14.4. The number of nitrogens with one attached hydrogen (secondary N) is 1. The van der Waals surface area contributed by atoms with Gasteiger partial charge < -0.3 is 9.73 Å². The lowest BCUT2D eigenvalue weighted by Gasteiger charge is -2.21. The summed E-state index contributed by atoms with van der Waals surface area (Å²) < 4.78 is 5.23. The van der Waals surface area contributed by atoms with Gasteiger partial charge in [-0.1, -0.05) is 54.1 Å². The number of carbonyl (C=O) groups excluding carboxylic acids is 1. The van der Waals surface area contributed by atoms with Crippen LogP contribution < -0.4 is 5.32 Å². The van der Waals surface area contributed by atoms with E-state index in [0.717, 1.165) is 16.7 Å². The molecule has 1 atom stereocenters. The second-order valence-electron chi connectivity index (χ2n) is 6.06. The van der Waals surface area contributed by atoms with E-state index >= 15 is 0 Å². The van der Waals surface area contributed by atoms with E-state index in [1.54, 1.807) is 18.4 Å². The summed E-state index contributed by atoms with van der Waals surface area (Å²) in [5, 5.41) is 3.11. The maximum absolute atomic E-state index is 12.5. The van der Waals surface area contributed by atoms with Gasteiger partial charge in [-0.3, -0.25) is 4.79 Å².